The number of carbonyl (C=O) groups excluding carboxylic acids is 2. The summed E-state index contributed by atoms with van der Waals surface area (Å²) in [6.07, 6.45) is 1.04. The summed E-state index contributed by atoms with van der Waals surface area (Å²) in [6.45, 7) is 12.1. The number of nitrogens with one attached hydrogen (secondary N) is 1. The van der Waals surface area contributed by atoms with Crippen molar-refractivity contribution in [3.8, 4) is 0 Å². The fraction of sp³-hybridized carbons (Fsp3) is 0.500. The summed E-state index contributed by atoms with van der Waals surface area (Å²) < 4.78 is 34.6. The summed E-state index contributed by atoms with van der Waals surface area (Å²) in [5, 5.41) is 0. The third kappa shape index (κ3) is 7.11. The van der Waals surface area contributed by atoms with E-state index in [0.717, 1.165) is 5.56 Å². The Morgan fingerprint density at radius 1 is 1.05 bits per heavy atom. The third-order valence-electron chi connectivity index (χ3n) is 6.76. The fourth-order valence-corrected chi connectivity index (χ4v) is 5.99. The zero-order valence-corrected chi connectivity index (χ0v) is 23.7. The topological polar surface area (TPSA) is 96.0 Å². The van der Waals surface area contributed by atoms with Gasteiger partial charge in [-0.2, -0.15) is 0 Å². The van der Waals surface area contributed by atoms with Crippen molar-refractivity contribution in [3.63, 3.8) is 0 Å². The molecule has 0 spiro atoms. The first-order chi connectivity index (χ1) is 17.2. The minimum atomic E-state index is -3.77. The Morgan fingerprint density at radius 3 is 2.24 bits per heavy atom. The highest BCUT2D eigenvalue weighted by Crippen LogP contribution is 2.27. The number of hydrogen-bond donors (Lipinski definition) is 1. The van der Waals surface area contributed by atoms with Gasteiger partial charge in [0.15, 0.2) is 0 Å². The van der Waals surface area contributed by atoms with Crippen LogP contribution in [0.3, 0.4) is 0 Å². The lowest BCUT2D eigenvalue weighted by Gasteiger charge is -2.35. The van der Waals surface area contributed by atoms with E-state index in [1.807, 2.05) is 52.8 Å². The molecule has 37 heavy (non-hydrogen) atoms. The molecule has 2 aromatic rings. The normalized spacial score (nSPS) is 15.8. The molecule has 2 aromatic carbocycles. The lowest BCUT2D eigenvalue weighted by atomic mass is 9.91. The van der Waals surface area contributed by atoms with Gasteiger partial charge >= 0.3 is 6.09 Å². The minimum absolute atomic E-state index is 0.103. The van der Waals surface area contributed by atoms with Gasteiger partial charge in [-0.15, -0.1) is 0 Å². The Kier molecular flexibility index (Phi) is 8.70. The Hall–Kier alpha value is -2.91. The predicted molar refractivity (Wildman–Crippen MR) is 145 cm³/mol. The second-order valence-electron chi connectivity index (χ2n) is 10.8. The summed E-state index contributed by atoms with van der Waals surface area (Å²) in [6, 6.07) is 11.9. The Bertz CT molecular complexity index is 1240. The number of sulfonamides is 1. The molecule has 1 saturated heterocycles. The van der Waals surface area contributed by atoms with Gasteiger partial charge in [-0.25, -0.2) is 17.9 Å². The molecule has 8 nitrogen and oxygen atoms in total. The molecular weight excluding hydrogens is 490 g/mol. The van der Waals surface area contributed by atoms with Crippen molar-refractivity contribution < 1.29 is 22.7 Å². The smallest absolute Gasteiger partial charge is 0.410 e. The largest absolute Gasteiger partial charge is 0.444 e. The molecule has 0 saturated carbocycles. The van der Waals surface area contributed by atoms with Crippen molar-refractivity contribution in [2.75, 3.05) is 25.0 Å². The summed E-state index contributed by atoms with van der Waals surface area (Å²) in [7, 11) is -2.08. The maximum atomic E-state index is 13.2. The molecule has 0 unspecified atom stereocenters. The average Bonchev–Trinajstić information content (AvgIpc) is 2.82. The molecule has 2 amide bonds. The molecule has 0 aromatic heterocycles. The summed E-state index contributed by atoms with van der Waals surface area (Å²) in [4.78, 5) is 28.7. The molecule has 202 valence electrons. The van der Waals surface area contributed by atoms with Gasteiger partial charge in [-0.05, 0) is 95.7 Å². The molecule has 1 aliphatic heterocycles. The number of carbonyl (C=O) groups is 2. The standard InChI is InChI=1S/C28H39N3O5S/c1-19-10-8-9-11-24(19)26(32)30(7)25-13-12-23(18-20(25)2)37(34,35)29-21(3)22-14-16-31(17-15-22)27(33)36-28(4,5)6/h8-13,18,21-22,29H,14-17H2,1-7H3/t21-/m1/s1. The van der Waals surface area contributed by atoms with Crippen LogP contribution in [0.5, 0.6) is 0 Å². The monoisotopic (exact) mass is 529 g/mol. The second kappa shape index (κ2) is 11.2. The van der Waals surface area contributed by atoms with Crippen molar-refractivity contribution in [1.82, 2.24) is 9.62 Å². The van der Waals surface area contributed by atoms with Crippen LogP contribution in [-0.2, 0) is 14.8 Å². The quantitative estimate of drug-likeness (QED) is 0.575. The molecule has 1 N–H and O–H groups in total. The van der Waals surface area contributed by atoms with Crippen molar-refractivity contribution in [2.45, 2.75) is 70.9 Å². The second-order valence-corrected chi connectivity index (χ2v) is 12.6. The van der Waals surface area contributed by atoms with E-state index < -0.39 is 15.6 Å². The number of ether oxygens (including phenoxy) is 1. The van der Waals surface area contributed by atoms with Crippen LogP contribution in [0, 0.1) is 19.8 Å². The average molecular weight is 530 g/mol. The first-order valence-corrected chi connectivity index (χ1v) is 14.1. The highest BCUT2D eigenvalue weighted by atomic mass is 32.2. The molecule has 1 heterocycles. The number of benzene rings is 2. The van der Waals surface area contributed by atoms with Crippen molar-refractivity contribution in [1.29, 1.82) is 0 Å². The van der Waals surface area contributed by atoms with Crippen molar-refractivity contribution in [3.05, 3.63) is 59.2 Å². The van der Waals surface area contributed by atoms with E-state index in [4.69, 9.17) is 4.74 Å². The minimum Gasteiger partial charge on any atom is -0.444 e. The van der Waals surface area contributed by atoms with E-state index in [-0.39, 0.29) is 28.9 Å². The molecule has 1 fully saturated rings. The van der Waals surface area contributed by atoms with Crippen molar-refractivity contribution in [2.24, 2.45) is 5.92 Å². The van der Waals surface area contributed by atoms with Gasteiger partial charge in [0.05, 0.1) is 4.90 Å². The maximum absolute atomic E-state index is 13.2. The Balaban J connectivity index is 1.65. The third-order valence-corrected chi connectivity index (χ3v) is 8.32. The van der Waals surface area contributed by atoms with E-state index >= 15 is 0 Å². The van der Waals surface area contributed by atoms with Crippen LogP contribution >= 0.6 is 0 Å². The van der Waals surface area contributed by atoms with Gasteiger partial charge in [0, 0.05) is 37.4 Å². The van der Waals surface area contributed by atoms with Gasteiger partial charge in [0.1, 0.15) is 5.60 Å². The van der Waals surface area contributed by atoms with Crippen LogP contribution in [-0.4, -0.2) is 57.1 Å². The summed E-state index contributed by atoms with van der Waals surface area (Å²) in [5.74, 6) is -0.0482. The summed E-state index contributed by atoms with van der Waals surface area (Å²) in [5.41, 5.74) is 2.27. The number of amides is 2. The molecule has 9 heteroatoms. The van der Waals surface area contributed by atoms with E-state index in [9.17, 15) is 18.0 Å². The number of rotatable bonds is 6. The van der Waals surface area contributed by atoms with Crippen LogP contribution < -0.4 is 9.62 Å². The zero-order chi connectivity index (χ0) is 27.5. The fourth-order valence-electron chi connectivity index (χ4n) is 4.59. The predicted octanol–water partition coefficient (Wildman–Crippen LogP) is 4.89. The van der Waals surface area contributed by atoms with Gasteiger partial charge < -0.3 is 14.5 Å². The highest BCUT2D eigenvalue weighted by molar-refractivity contribution is 7.89. The highest BCUT2D eigenvalue weighted by Gasteiger charge is 2.31. The SMILES string of the molecule is Cc1ccccc1C(=O)N(C)c1ccc(S(=O)(=O)N[C@H](C)C2CCN(C(=O)OC(C)(C)C)CC2)cc1C. The first kappa shape index (κ1) is 28.7. The number of hydrogen-bond acceptors (Lipinski definition) is 5. The van der Waals surface area contributed by atoms with Crippen LogP contribution in [0.2, 0.25) is 0 Å². The van der Waals surface area contributed by atoms with Crippen LogP contribution in [0.25, 0.3) is 0 Å². The molecule has 3 rings (SSSR count). The number of likely N-dealkylation sites (tertiary alicyclic amines) is 1. The van der Waals surface area contributed by atoms with Crippen LogP contribution in [0.4, 0.5) is 10.5 Å². The number of piperidine rings is 1. The Labute approximate surface area is 221 Å². The lowest BCUT2D eigenvalue weighted by molar-refractivity contribution is 0.0174. The van der Waals surface area contributed by atoms with Crippen LogP contribution in [0.1, 0.15) is 62.0 Å². The number of aryl methyl sites for hydroxylation is 2. The lowest BCUT2D eigenvalue weighted by Crippen LogP contribution is -2.46. The molecule has 1 aliphatic rings. The van der Waals surface area contributed by atoms with Gasteiger partial charge in [0.2, 0.25) is 10.0 Å². The molecular formula is C28H39N3O5S. The molecule has 0 bridgehead atoms. The molecule has 0 radical (unpaired) electrons. The summed E-state index contributed by atoms with van der Waals surface area (Å²) >= 11 is 0. The van der Waals surface area contributed by atoms with Crippen LogP contribution in [0.15, 0.2) is 47.4 Å². The number of nitrogens with zero attached hydrogens (tertiary/aromatic N) is 2. The van der Waals surface area contributed by atoms with E-state index in [1.54, 1.807) is 42.0 Å². The van der Waals surface area contributed by atoms with Gasteiger partial charge in [-0.3, -0.25) is 4.79 Å². The van der Waals surface area contributed by atoms with E-state index in [2.05, 4.69) is 4.72 Å². The zero-order valence-electron chi connectivity index (χ0n) is 22.9. The first-order valence-electron chi connectivity index (χ1n) is 12.6. The van der Waals surface area contributed by atoms with Gasteiger partial charge in [0.25, 0.3) is 5.91 Å². The van der Waals surface area contributed by atoms with E-state index in [1.165, 1.54) is 6.07 Å². The Morgan fingerprint density at radius 2 is 1.68 bits per heavy atom. The molecule has 0 aliphatic carbocycles. The van der Waals surface area contributed by atoms with E-state index in [0.29, 0.717) is 42.7 Å². The van der Waals surface area contributed by atoms with Crippen molar-refractivity contribution >= 4 is 27.7 Å². The molecule has 1 atom stereocenters. The maximum Gasteiger partial charge on any atom is 0.410 e. The van der Waals surface area contributed by atoms with Gasteiger partial charge in [-0.1, -0.05) is 18.2 Å². The number of anilines is 1.